The van der Waals surface area contributed by atoms with Gasteiger partial charge in [-0.3, -0.25) is 4.79 Å². The summed E-state index contributed by atoms with van der Waals surface area (Å²) in [5.41, 5.74) is 6.40. The second kappa shape index (κ2) is 8.28. The third-order valence-electron chi connectivity index (χ3n) is 5.58. The van der Waals surface area contributed by atoms with Crippen molar-refractivity contribution in [1.29, 1.82) is 0 Å². The third kappa shape index (κ3) is 4.02. The van der Waals surface area contributed by atoms with Crippen LogP contribution in [-0.2, 0) is 22.5 Å². The van der Waals surface area contributed by atoms with Gasteiger partial charge in [0.1, 0.15) is 11.6 Å². The zero-order valence-corrected chi connectivity index (χ0v) is 16.1. The van der Waals surface area contributed by atoms with Crippen LogP contribution in [0.25, 0.3) is 0 Å². The highest BCUT2D eigenvalue weighted by Gasteiger charge is 2.35. The van der Waals surface area contributed by atoms with Crippen LogP contribution in [0.3, 0.4) is 0 Å². The fourth-order valence-corrected chi connectivity index (χ4v) is 4.29. The van der Waals surface area contributed by atoms with Gasteiger partial charge in [-0.15, -0.1) is 0 Å². The van der Waals surface area contributed by atoms with Gasteiger partial charge in [0.05, 0.1) is 32.8 Å². The van der Waals surface area contributed by atoms with Gasteiger partial charge in [-0.05, 0) is 25.3 Å². The zero-order chi connectivity index (χ0) is 19.5. The van der Waals surface area contributed by atoms with E-state index < -0.39 is 5.91 Å². The lowest BCUT2D eigenvalue weighted by Crippen LogP contribution is -2.51. The number of carbonyl (C=O) groups is 1. The first-order valence-corrected chi connectivity index (χ1v) is 9.83. The summed E-state index contributed by atoms with van der Waals surface area (Å²) < 4.78 is 13.3. The first kappa shape index (κ1) is 18.9. The molecule has 8 nitrogen and oxygen atoms in total. The Morgan fingerprint density at radius 3 is 3.07 bits per heavy atom. The number of nitrogens with one attached hydrogen (secondary N) is 1. The number of para-hydroxylation sites is 1. The molecule has 1 aromatic heterocycles. The van der Waals surface area contributed by atoms with Gasteiger partial charge in [0.2, 0.25) is 5.91 Å². The van der Waals surface area contributed by atoms with Crippen molar-refractivity contribution in [1.82, 2.24) is 20.1 Å². The van der Waals surface area contributed by atoms with Crippen LogP contribution < -0.4 is 15.8 Å². The number of fused-ring (bicyclic) bond motifs is 1. The highest BCUT2D eigenvalue weighted by molar-refractivity contribution is 5.75. The molecule has 2 fully saturated rings. The van der Waals surface area contributed by atoms with Gasteiger partial charge in [-0.25, -0.2) is 9.67 Å². The van der Waals surface area contributed by atoms with Gasteiger partial charge in [0, 0.05) is 24.1 Å². The number of primary amides is 1. The summed E-state index contributed by atoms with van der Waals surface area (Å²) in [6.45, 7) is 2.20. The Hall–Kier alpha value is -2.45. The maximum absolute atomic E-state index is 11.4. The summed E-state index contributed by atoms with van der Waals surface area (Å²) in [7, 11) is 1.66. The van der Waals surface area contributed by atoms with Gasteiger partial charge >= 0.3 is 0 Å². The molecule has 2 heterocycles. The Morgan fingerprint density at radius 2 is 2.25 bits per heavy atom. The number of ether oxygens (including phenoxy) is 2. The minimum absolute atomic E-state index is 0.0477. The lowest BCUT2D eigenvalue weighted by atomic mass is 9.82. The van der Waals surface area contributed by atoms with Crippen molar-refractivity contribution in [2.75, 3.05) is 20.3 Å². The lowest BCUT2D eigenvalue weighted by molar-refractivity contribution is -0.117. The van der Waals surface area contributed by atoms with E-state index in [0.717, 1.165) is 49.6 Å². The number of aromatic nitrogens is 3. The van der Waals surface area contributed by atoms with Crippen LogP contribution in [0.4, 0.5) is 0 Å². The smallest absolute Gasteiger partial charge is 0.225 e. The zero-order valence-electron chi connectivity index (χ0n) is 16.1. The molecule has 0 bridgehead atoms. The minimum Gasteiger partial charge on any atom is -0.496 e. The van der Waals surface area contributed by atoms with Crippen LogP contribution in [0.2, 0.25) is 0 Å². The van der Waals surface area contributed by atoms with E-state index in [1.807, 2.05) is 28.9 Å². The molecule has 0 unspecified atom stereocenters. The molecule has 1 aliphatic carbocycles. The highest BCUT2D eigenvalue weighted by atomic mass is 16.5. The normalized spacial score (nSPS) is 24.5. The average Bonchev–Trinajstić information content (AvgIpc) is 3.09. The Morgan fingerprint density at radius 1 is 1.39 bits per heavy atom. The quantitative estimate of drug-likeness (QED) is 0.768. The van der Waals surface area contributed by atoms with Gasteiger partial charge < -0.3 is 20.5 Å². The maximum Gasteiger partial charge on any atom is 0.225 e. The average molecular weight is 385 g/mol. The first-order chi connectivity index (χ1) is 13.6. The number of nitrogens with zero attached hydrogens (tertiary/aromatic N) is 3. The van der Waals surface area contributed by atoms with E-state index >= 15 is 0 Å². The number of carbonyl (C=O) groups excluding carboxylic acids is 1. The molecule has 1 aromatic carbocycles. The molecule has 1 saturated carbocycles. The lowest BCUT2D eigenvalue weighted by Gasteiger charge is -2.39. The predicted molar refractivity (Wildman–Crippen MR) is 103 cm³/mol. The molecular formula is C20H27N5O3. The van der Waals surface area contributed by atoms with Crippen molar-refractivity contribution < 1.29 is 14.3 Å². The van der Waals surface area contributed by atoms with E-state index in [1.54, 1.807) is 7.11 Å². The molecule has 1 amide bonds. The molecule has 1 saturated heterocycles. The van der Waals surface area contributed by atoms with E-state index in [4.69, 9.17) is 20.2 Å². The highest BCUT2D eigenvalue weighted by Crippen LogP contribution is 2.35. The molecular weight excluding hydrogens is 358 g/mol. The van der Waals surface area contributed by atoms with E-state index in [9.17, 15) is 4.79 Å². The van der Waals surface area contributed by atoms with E-state index in [1.165, 1.54) is 0 Å². The third-order valence-corrected chi connectivity index (χ3v) is 5.58. The topological polar surface area (TPSA) is 104 Å². The van der Waals surface area contributed by atoms with Crippen LogP contribution in [0.15, 0.2) is 24.3 Å². The largest absolute Gasteiger partial charge is 0.496 e. The fraction of sp³-hybridized carbons (Fsp3) is 0.550. The van der Waals surface area contributed by atoms with Crippen LogP contribution in [-0.4, -0.2) is 53.1 Å². The van der Waals surface area contributed by atoms with E-state index in [2.05, 4.69) is 10.4 Å². The number of rotatable bonds is 6. The van der Waals surface area contributed by atoms with Crippen molar-refractivity contribution in [3.63, 3.8) is 0 Å². The SMILES string of the molecule is COc1ccccc1Cn1nc(CC(N)=O)nc1[C@H]1CC[C@H]2OCCN[C@@H]2C1. The van der Waals surface area contributed by atoms with Crippen molar-refractivity contribution >= 4 is 5.91 Å². The summed E-state index contributed by atoms with van der Waals surface area (Å²) in [6.07, 6.45) is 3.26. The molecule has 8 heteroatoms. The molecule has 2 aliphatic rings. The Balaban J connectivity index is 1.61. The van der Waals surface area contributed by atoms with Crippen LogP contribution in [0, 0.1) is 0 Å². The predicted octanol–water partition coefficient (Wildman–Crippen LogP) is 0.987. The van der Waals surface area contributed by atoms with Gasteiger partial charge in [0.25, 0.3) is 0 Å². The summed E-state index contributed by atoms with van der Waals surface area (Å²) in [6, 6.07) is 8.21. The number of benzene rings is 1. The maximum atomic E-state index is 11.4. The van der Waals surface area contributed by atoms with Crippen LogP contribution in [0.5, 0.6) is 5.75 Å². The Bertz CT molecular complexity index is 837. The second-order valence-corrected chi connectivity index (χ2v) is 7.48. The van der Waals surface area contributed by atoms with Crippen molar-refractivity contribution in [3.8, 4) is 5.75 Å². The second-order valence-electron chi connectivity index (χ2n) is 7.48. The summed E-state index contributed by atoms with van der Waals surface area (Å²) >= 11 is 0. The van der Waals surface area contributed by atoms with Gasteiger partial charge in [0.15, 0.2) is 5.82 Å². The standard InChI is InChI=1S/C20H27N5O3/c1-27-16-5-3-2-4-14(16)12-25-20(23-19(24-25)11-18(21)26)13-6-7-17-15(10-13)22-8-9-28-17/h2-5,13,15,17,22H,6-12H2,1H3,(H2,21,26)/t13-,15+,17+/m0/s1. The molecule has 3 N–H and O–H groups in total. The molecule has 3 atom stereocenters. The van der Waals surface area contributed by atoms with Crippen LogP contribution >= 0.6 is 0 Å². The fourth-order valence-electron chi connectivity index (χ4n) is 4.29. The molecule has 150 valence electrons. The minimum atomic E-state index is -0.424. The van der Waals surface area contributed by atoms with E-state index in [-0.39, 0.29) is 18.4 Å². The molecule has 0 spiro atoms. The summed E-state index contributed by atoms with van der Waals surface area (Å²) in [5.74, 6) is 2.04. The Labute approximate surface area is 164 Å². The molecule has 0 radical (unpaired) electrons. The number of hydrogen-bond donors (Lipinski definition) is 2. The van der Waals surface area contributed by atoms with Crippen molar-refractivity contribution in [2.24, 2.45) is 5.73 Å². The van der Waals surface area contributed by atoms with Gasteiger partial charge in [-0.2, -0.15) is 5.10 Å². The number of amides is 1. The summed E-state index contributed by atoms with van der Waals surface area (Å²) in [5, 5.41) is 8.17. The summed E-state index contributed by atoms with van der Waals surface area (Å²) in [4.78, 5) is 16.1. The van der Waals surface area contributed by atoms with Gasteiger partial charge in [-0.1, -0.05) is 18.2 Å². The van der Waals surface area contributed by atoms with Crippen molar-refractivity contribution in [3.05, 3.63) is 41.5 Å². The van der Waals surface area contributed by atoms with Crippen LogP contribution in [0.1, 0.15) is 42.4 Å². The molecule has 4 rings (SSSR count). The Kier molecular flexibility index (Phi) is 5.59. The van der Waals surface area contributed by atoms with Crippen molar-refractivity contribution in [2.45, 2.75) is 50.3 Å². The number of methoxy groups -OCH3 is 1. The molecule has 1 aliphatic heterocycles. The molecule has 2 aromatic rings. The molecule has 28 heavy (non-hydrogen) atoms. The van der Waals surface area contributed by atoms with E-state index in [0.29, 0.717) is 18.4 Å². The number of nitrogens with two attached hydrogens (primary N) is 1. The number of hydrogen-bond acceptors (Lipinski definition) is 6. The number of morpholine rings is 1. The first-order valence-electron chi connectivity index (χ1n) is 9.83. The monoisotopic (exact) mass is 385 g/mol.